The van der Waals surface area contributed by atoms with Crippen molar-refractivity contribution in [1.29, 1.82) is 0 Å². The normalized spacial score (nSPS) is 16.0. The molecule has 1 fully saturated rings. The molecule has 1 N–H and O–H groups in total. The predicted octanol–water partition coefficient (Wildman–Crippen LogP) is 2.44. The van der Waals surface area contributed by atoms with Gasteiger partial charge in [-0.05, 0) is 23.3 Å². The minimum Gasteiger partial charge on any atom is -0.364 e. The largest absolute Gasteiger partial charge is 0.364 e. The van der Waals surface area contributed by atoms with Crippen LogP contribution in [0.1, 0.15) is 18.2 Å². The maximum Gasteiger partial charge on any atom is 0.220 e. The van der Waals surface area contributed by atoms with Gasteiger partial charge >= 0.3 is 0 Å². The number of aromatic nitrogens is 1. The molecule has 0 spiro atoms. The molecule has 0 saturated carbocycles. The Morgan fingerprint density at radius 1 is 1.10 bits per heavy atom. The van der Waals surface area contributed by atoms with Gasteiger partial charge < -0.3 is 14.7 Å². The first-order valence-corrected chi connectivity index (χ1v) is 12.0. The molecule has 164 valence electrons. The lowest BCUT2D eigenvalue weighted by Crippen LogP contribution is -2.53. The van der Waals surface area contributed by atoms with Crippen LogP contribution in [0, 0.1) is 0 Å². The van der Waals surface area contributed by atoms with E-state index in [0.717, 1.165) is 12.5 Å². The Hall–Kier alpha value is -2.91. The van der Waals surface area contributed by atoms with Crippen molar-refractivity contribution >= 4 is 26.8 Å². The number of aliphatic imine (C=N–C) groups is 1. The van der Waals surface area contributed by atoms with Crippen molar-refractivity contribution in [3.63, 3.8) is 0 Å². The first-order valence-electron chi connectivity index (χ1n) is 10.4. The lowest BCUT2D eigenvalue weighted by Gasteiger charge is -2.35. The number of nitrogens with zero attached hydrogens (tertiary/aromatic N) is 4. The number of sulfonamides is 1. The number of hydrogen-bond donors (Lipinski definition) is 1. The van der Waals surface area contributed by atoms with Gasteiger partial charge in [-0.3, -0.25) is 0 Å². The summed E-state index contributed by atoms with van der Waals surface area (Å²) in [6.07, 6.45) is 1.39. The molecule has 1 aliphatic rings. The van der Waals surface area contributed by atoms with Gasteiger partial charge in [0.15, 0.2) is 5.96 Å². The van der Waals surface area contributed by atoms with Crippen molar-refractivity contribution in [3.8, 4) is 0 Å². The van der Waals surface area contributed by atoms with Gasteiger partial charge in [-0.2, -0.15) is 4.31 Å². The second kappa shape index (κ2) is 9.49. The minimum absolute atomic E-state index is 0.140. The van der Waals surface area contributed by atoms with E-state index in [4.69, 9.17) is 9.52 Å². The summed E-state index contributed by atoms with van der Waals surface area (Å²) in [7, 11) is -3.42. The summed E-state index contributed by atoms with van der Waals surface area (Å²) in [5, 5.41) is 9.47. The Balaban J connectivity index is 1.43. The zero-order valence-corrected chi connectivity index (χ0v) is 18.4. The Morgan fingerprint density at radius 3 is 2.61 bits per heavy atom. The lowest BCUT2D eigenvalue weighted by molar-refractivity contribution is 0.259. The van der Waals surface area contributed by atoms with E-state index < -0.39 is 10.0 Å². The van der Waals surface area contributed by atoms with E-state index in [1.165, 1.54) is 26.9 Å². The second-order valence-electron chi connectivity index (χ2n) is 7.44. The molecule has 4 rings (SSSR count). The van der Waals surface area contributed by atoms with E-state index >= 15 is 0 Å². The highest BCUT2D eigenvalue weighted by Gasteiger charge is 2.29. The monoisotopic (exact) mass is 441 g/mol. The smallest absolute Gasteiger partial charge is 0.220 e. The van der Waals surface area contributed by atoms with E-state index in [-0.39, 0.29) is 5.75 Å². The van der Waals surface area contributed by atoms with Gasteiger partial charge in [-0.25, -0.2) is 13.4 Å². The molecule has 1 aromatic heterocycles. The number of nitrogens with one attached hydrogen (secondary N) is 1. The molecule has 1 saturated heterocycles. The maximum absolute atomic E-state index is 12.7. The molecule has 31 heavy (non-hydrogen) atoms. The highest BCUT2D eigenvalue weighted by molar-refractivity contribution is 7.88. The van der Waals surface area contributed by atoms with Crippen LogP contribution in [0.5, 0.6) is 0 Å². The number of guanidine groups is 1. The van der Waals surface area contributed by atoms with Crippen LogP contribution in [0.25, 0.3) is 10.8 Å². The van der Waals surface area contributed by atoms with E-state index in [0.29, 0.717) is 38.4 Å². The number of hydrogen-bond acceptors (Lipinski definition) is 5. The molecule has 0 aliphatic carbocycles. The maximum atomic E-state index is 12.7. The van der Waals surface area contributed by atoms with Crippen molar-refractivity contribution in [2.24, 2.45) is 4.99 Å². The quantitative estimate of drug-likeness (QED) is 0.467. The standard InChI is InChI=1S/C22H27N5O3S/c1-2-23-22(24-16-19-8-5-7-18-6-3-4-9-21(18)19)26-11-13-27(14-12-26)31(28,29)17-20-10-15-30-25-20/h3-10,15H,2,11-14,16-17H2,1H3,(H,23,24). The van der Waals surface area contributed by atoms with Crippen LogP contribution in [0.4, 0.5) is 0 Å². The average Bonchev–Trinajstić information content (AvgIpc) is 3.29. The van der Waals surface area contributed by atoms with E-state index in [9.17, 15) is 8.42 Å². The van der Waals surface area contributed by atoms with Gasteiger partial charge in [0.1, 0.15) is 12.0 Å². The molecule has 8 nitrogen and oxygen atoms in total. The highest BCUT2D eigenvalue weighted by atomic mass is 32.2. The van der Waals surface area contributed by atoms with Crippen LogP contribution in [0.2, 0.25) is 0 Å². The first kappa shape index (κ1) is 21.3. The summed E-state index contributed by atoms with van der Waals surface area (Å²) in [6.45, 7) is 5.34. The van der Waals surface area contributed by atoms with Crippen molar-refractivity contribution in [1.82, 2.24) is 19.7 Å². The summed E-state index contributed by atoms with van der Waals surface area (Å²) in [5.41, 5.74) is 1.59. The van der Waals surface area contributed by atoms with Crippen LogP contribution < -0.4 is 5.32 Å². The summed E-state index contributed by atoms with van der Waals surface area (Å²) in [4.78, 5) is 6.97. The topological polar surface area (TPSA) is 91.0 Å². The van der Waals surface area contributed by atoms with Gasteiger partial charge in [0.25, 0.3) is 0 Å². The average molecular weight is 442 g/mol. The van der Waals surface area contributed by atoms with Crippen molar-refractivity contribution in [2.75, 3.05) is 32.7 Å². The predicted molar refractivity (Wildman–Crippen MR) is 121 cm³/mol. The number of benzene rings is 2. The Labute approximate surface area is 182 Å². The summed E-state index contributed by atoms with van der Waals surface area (Å²) < 4.78 is 31.6. The molecule has 1 aliphatic heterocycles. The third kappa shape index (κ3) is 5.05. The van der Waals surface area contributed by atoms with Gasteiger partial charge in [-0.1, -0.05) is 47.6 Å². The summed E-state index contributed by atoms with van der Waals surface area (Å²) >= 11 is 0. The summed E-state index contributed by atoms with van der Waals surface area (Å²) in [5.74, 6) is 0.669. The molecular formula is C22H27N5O3S. The van der Waals surface area contributed by atoms with Crippen molar-refractivity contribution < 1.29 is 12.9 Å². The first-order chi connectivity index (χ1) is 15.1. The fourth-order valence-electron chi connectivity index (χ4n) is 3.78. The van der Waals surface area contributed by atoms with E-state index in [2.05, 4.69) is 45.7 Å². The third-order valence-corrected chi connectivity index (χ3v) is 7.18. The fourth-order valence-corrected chi connectivity index (χ4v) is 5.21. The molecule has 2 heterocycles. The van der Waals surface area contributed by atoms with Gasteiger partial charge in [0.05, 0.1) is 12.2 Å². The number of fused-ring (bicyclic) bond motifs is 1. The molecule has 3 aromatic rings. The molecule has 2 aromatic carbocycles. The Bertz CT molecular complexity index is 1130. The van der Waals surface area contributed by atoms with Crippen LogP contribution in [0.15, 0.2) is 64.3 Å². The van der Waals surface area contributed by atoms with Gasteiger partial charge in [-0.15, -0.1) is 0 Å². The zero-order valence-electron chi connectivity index (χ0n) is 17.6. The van der Waals surface area contributed by atoms with E-state index in [1.807, 2.05) is 19.1 Å². The fraction of sp³-hybridized carbons (Fsp3) is 0.364. The number of piperazine rings is 1. The highest BCUT2D eigenvalue weighted by Crippen LogP contribution is 2.19. The second-order valence-corrected chi connectivity index (χ2v) is 9.41. The zero-order chi connectivity index (χ0) is 21.7. The number of rotatable bonds is 6. The molecule has 0 amide bonds. The van der Waals surface area contributed by atoms with Gasteiger partial charge in [0.2, 0.25) is 10.0 Å². The lowest BCUT2D eigenvalue weighted by atomic mass is 10.1. The molecule has 0 radical (unpaired) electrons. The van der Waals surface area contributed by atoms with Crippen LogP contribution in [0.3, 0.4) is 0 Å². The Kier molecular flexibility index (Phi) is 6.53. The molecule has 0 unspecified atom stereocenters. The van der Waals surface area contributed by atoms with Crippen molar-refractivity contribution in [2.45, 2.75) is 19.2 Å². The van der Waals surface area contributed by atoms with Gasteiger partial charge in [0, 0.05) is 38.8 Å². The van der Waals surface area contributed by atoms with Crippen LogP contribution >= 0.6 is 0 Å². The third-order valence-electron chi connectivity index (χ3n) is 5.37. The van der Waals surface area contributed by atoms with Crippen LogP contribution in [-0.2, 0) is 22.3 Å². The van der Waals surface area contributed by atoms with Crippen molar-refractivity contribution in [3.05, 3.63) is 66.1 Å². The van der Waals surface area contributed by atoms with Crippen LogP contribution in [-0.4, -0.2) is 61.5 Å². The summed E-state index contributed by atoms with van der Waals surface area (Å²) in [6, 6.07) is 16.1. The Morgan fingerprint density at radius 2 is 1.87 bits per heavy atom. The molecular weight excluding hydrogens is 414 g/mol. The molecule has 0 bridgehead atoms. The molecule has 9 heteroatoms. The minimum atomic E-state index is -3.42. The molecule has 0 atom stereocenters. The SMILES string of the molecule is CCNC(=NCc1cccc2ccccc12)N1CCN(S(=O)(=O)Cc2ccon2)CC1. The van der Waals surface area contributed by atoms with E-state index in [1.54, 1.807) is 6.07 Å².